The van der Waals surface area contributed by atoms with Gasteiger partial charge in [0.15, 0.2) is 0 Å². The maximum atomic E-state index is 13.5. The molecular formula is C15H24FN3S. The van der Waals surface area contributed by atoms with Crippen molar-refractivity contribution < 1.29 is 4.39 Å². The van der Waals surface area contributed by atoms with Crippen molar-refractivity contribution in [3.8, 4) is 0 Å². The third kappa shape index (κ3) is 4.63. The number of nitrogens with one attached hydrogen (secondary N) is 1. The standard InChI is InChI=1S/C15H24FN3S/c1-12(2)9-17-10-13-8-14(16)11-18-15(13)19-4-3-6-20-7-5-19/h8,11-12,17H,3-7,9-10H2,1-2H3. The van der Waals surface area contributed by atoms with Gasteiger partial charge >= 0.3 is 0 Å². The highest BCUT2D eigenvalue weighted by molar-refractivity contribution is 7.99. The van der Waals surface area contributed by atoms with E-state index < -0.39 is 0 Å². The van der Waals surface area contributed by atoms with Gasteiger partial charge in [-0.15, -0.1) is 0 Å². The van der Waals surface area contributed by atoms with Gasteiger partial charge in [-0.05, 0) is 30.7 Å². The fourth-order valence-electron chi connectivity index (χ4n) is 2.34. The van der Waals surface area contributed by atoms with Crippen molar-refractivity contribution in [3.05, 3.63) is 23.6 Å². The molecule has 5 heteroatoms. The summed E-state index contributed by atoms with van der Waals surface area (Å²) in [5, 5.41) is 3.38. The molecule has 1 aromatic rings. The van der Waals surface area contributed by atoms with Gasteiger partial charge in [0, 0.05) is 31.0 Å². The largest absolute Gasteiger partial charge is 0.355 e. The summed E-state index contributed by atoms with van der Waals surface area (Å²) in [5.41, 5.74) is 0.970. The molecule has 0 radical (unpaired) electrons. The van der Waals surface area contributed by atoms with Crippen LogP contribution in [-0.4, -0.2) is 36.1 Å². The summed E-state index contributed by atoms with van der Waals surface area (Å²) in [6, 6.07) is 1.62. The van der Waals surface area contributed by atoms with E-state index in [1.54, 1.807) is 6.07 Å². The van der Waals surface area contributed by atoms with Crippen molar-refractivity contribution in [2.24, 2.45) is 5.92 Å². The highest BCUT2D eigenvalue weighted by Crippen LogP contribution is 2.22. The van der Waals surface area contributed by atoms with Crippen molar-refractivity contribution >= 4 is 17.6 Å². The molecule has 0 bridgehead atoms. The molecule has 0 aliphatic carbocycles. The van der Waals surface area contributed by atoms with Crippen LogP contribution in [0, 0.1) is 11.7 Å². The predicted molar refractivity (Wildman–Crippen MR) is 84.9 cm³/mol. The van der Waals surface area contributed by atoms with Gasteiger partial charge < -0.3 is 10.2 Å². The first-order valence-corrected chi connectivity index (χ1v) is 8.50. The Morgan fingerprint density at radius 3 is 3.05 bits per heavy atom. The number of halogens is 1. The van der Waals surface area contributed by atoms with E-state index in [0.717, 1.165) is 36.8 Å². The summed E-state index contributed by atoms with van der Waals surface area (Å²) in [7, 11) is 0. The highest BCUT2D eigenvalue weighted by atomic mass is 32.2. The van der Waals surface area contributed by atoms with Gasteiger partial charge in [-0.1, -0.05) is 13.8 Å². The molecule has 3 nitrogen and oxygen atoms in total. The Morgan fingerprint density at radius 1 is 1.40 bits per heavy atom. The third-order valence-corrected chi connectivity index (χ3v) is 4.35. The SMILES string of the molecule is CC(C)CNCc1cc(F)cnc1N1CCCSCC1. The molecule has 0 atom stereocenters. The lowest BCUT2D eigenvalue weighted by Crippen LogP contribution is -2.29. The summed E-state index contributed by atoms with van der Waals surface area (Å²) in [6.07, 6.45) is 2.50. The number of hydrogen-bond donors (Lipinski definition) is 1. The first-order valence-electron chi connectivity index (χ1n) is 7.34. The van der Waals surface area contributed by atoms with Crippen LogP contribution < -0.4 is 10.2 Å². The highest BCUT2D eigenvalue weighted by Gasteiger charge is 2.15. The lowest BCUT2D eigenvalue weighted by Gasteiger charge is -2.24. The van der Waals surface area contributed by atoms with E-state index in [9.17, 15) is 4.39 Å². The van der Waals surface area contributed by atoms with Gasteiger partial charge in [-0.3, -0.25) is 0 Å². The Labute approximate surface area is 125 Å². The molecule has 1 aliphatic heterocycles. The molecule has 112 valence electrons. The molecule has 0 aromatic carbocycles. The van der Waals surface area contributed by atoms with Crippen LogP contribution in [-0.2, 0) is 6.54 Å². The monoisotopic (exact) mass is 297 g/mol. The van der Waals surface area contributed by atoms with Crippen LogP contribution >= 0.6 is 11.8 Å². The quantitative estimate of drug-likeness (QED) is 0.904. The zero-order chi connectivity index (χ0) is 14.4. The Bertz CT molecular complexity index is 418. The fourth-order valence-corrected chi connectivity index (χ4v) is 3.23. The summed E-state index contributed by atoms with van der Waals surface area (Å²) in [5.74, 6) is 3.62. The molecule has 1 aromatic heterocycles. The van der Waals surface area contributed by atoms with Crippen molar-refractivity contribution in [1.29, 1.82) is 0 Å². The molecule has 0 unspecified atom stereocenters. The lowest BCUT2D eigenvalue weighted by atomic mass is 10.2. The molecule has 2 rings (SSSR count). The second kappa shape index (κ2) is 7.84. The first kappa shape index (κ1) is 15.6. The van der Waals surface area contributed by atoms with Gasteiger partial charge in [0.1, 0.15) is 11.6 Å². The maximum absolute atomic E-state index is 13.5. The second-order valence-corrected chi connectivity index (χ2v) is 6.84. The molecule has 1 aliphatic rings. The van der Waals surface area contributed by atoms with E-state index in [2.05, 4.69) is 29.0 Å². The van der Waals surface area contributed by atoms with Crippen LogP contribution in [0.2, 0.25) is 0 Å². The number of thioether (sulfide) groups is 1. The zero-order valence-electron chi connectivity index (χ0n) is 12.4. The minimum absolute atomic E-state index is 0.251. The van der Waals surface area contributed by atoms with Crippen LogP contribution in [0.15, 0.2) is 12.3 Å². The summed E-state index contributed by atoms with van der Waals surface area (Å²) in [6.45, 7) is 7.98. The topological polar surface area (TPSA) is 28.2 Å². The van der Waals surface area contributed by atoms with E-state index >= 15 is 0 Å². The van der Waals surface area contributed by atoms with Crippen LogP contribution in [0.25, 0.3) is 0 Å². The fraction of sp³-hybridized carbons (Fsp3) is 0.667. The number of nitrogens with zero attached hydrogens (tertiary/aromatic N) is 2. The second-order valence-electron chi connectivity index (χ2n) is 5.61. The van der Waals surface area contributed by atoms with Crippen molar-refractivity contribution in [3.63, 3.8) is 0 Å². The summed E-state index contributed by atoms with van der Waals surface area (Å²) >= 11 is 1.99. The van der Waals surface area contributed by atoms with Crippen molar-refractivity contribution in [1.82, 2.24) is 10.3 Å². The molecule has 0 spiro atoms. The average Bonchev–Trinajstić information content (AvgIpc) is 2.67. The molecule has 1 fully saturated rings. The van der Waals surface area contributed by atoms with Crippen molar-refractivity contribution in [2.75, 3.05) is 36.0 Å². The van der Waals surface area contributed by atoms with E-state index in [0.29, 0.717) is 12.5 Å². The van der Waals surface area contributed by atoms with Gasteiger partial charge in [-0.2, -0.15) is 11.8 Å². The predicted octanol–water partition coefficient (Wildman–Crippen LogP) is 2.91. The van der Waals surface area contributed by atoms with Crippen molar-refractivity contribution in [2.45, 2.75) is 26.8 Å². The Balaban J connectivity index is 2.09. The van der Waals surface area contributed by atoms with E-state index in [-0.39, 0.29) is 5.82 Å². The van der Waals surface area contributed by atoms with E-state index in [4.69, 9.17) is 0 Å². The third-order valence-electron chi connectivity index (χ3n) is 3.30. The molecule has 0 saturated carbocycles. The number of hydrogen-bond acceptors (Lipinski definition) is 4. The Morgan fingerprint density at radius 2 is 2.25 bits per heavy atom. The van der Waals surface area contributed by atoms with Crippen LogP contribution in [0.3, 0.4) is 0 Å². The molecule has 2 heterocycles. The minimum atomic E-state index is -0.251. The van der Waals surface area contributed by atoms with E-state index in [1.165, 1.54) is 18.4 Å². The molecule has 0 amide bonds. The summed E-state index contributed by atoms with van der Waals surface area (Å²) < 4.78 is 13.5. The van der Waals surface area contributed by atoms with Gasteiger partial charge in [0.05, 0.1) is 6.20 Å². The minimum Gasteiger partial charge on any atom is -0.355 e. The number of anilines is 1. The average molecular weight is 297 g/mol. The summed E-state index contributed by atoms with van der Waals surface area (Å²) in [4.78, 5) is 6.64. The van der Waals surface area contributed by atoms with Gasteiger partial charge in [0.25, 0.3) is 0 Å². The van der Waals surface area contributed by atoms with Gasteiger partial charge in [-0.25, -0.2) is 9.37 Å². The number of rotatable bonds is 5. The first-order chi connectivity index (χ1) is 9.66. The molecular weight excluding hydrogens is 273 g/mol. The molecule has 1 N–H and O–H groups in total. The number of aromatic nitrogens is 1. The number of pyridine rings is 1. The van der Waals surface area contributed by atoms with Gasteiger partial charge in [0.2, 0.25) is 0 Å². The van der Waals surface area contributed by atoms with E-state index in [1.807, 2.05) is 11.8 Å². The zero-order valence-corrected chi connectivity index (χ0v) is 13.2. The Kier molecular flexibility index (Phi) is 6.10. The van der Waals surface area contributed by atoms with Crippen LogP contribution in [0.1, 0.15) is 25.8 Å². The van der Waals surface area contributed by atoms with Crippen LogP contribution in [0.4, 0.5) is 10.2 Å². The lowest BCUT2D eigenvalue weighted by molar-refractivity contribution is 0.548. The maximum Gasteiger partial charge on any atom is 0.141 e. The Hall–Kier alpha value is -0.810. The molecule has 20 heavy (non-hydrogen) atoms. The normalized spacial score (nSPS) is 16.5. The molecule has 1 saturated heterocycles. The van der Waals surface area contributed by atoms with Crippen LogP contribution in [0.5, 0.6) is 0 Å². The smallest absolute Gasteiger partial charge is 0.141 e.